The zero-order valence-electron chi connectivity index (χ0n) is 13.7. The fraction of sp³-hybridized carbons (Fsp3) is 0.438. The quantitative estimate of drug-likeness (QED) is 0.781. The van der Waals surface area contributed by atoms with Gasteiger partial charge in [0.2, 0.25) is 5.88 Å². The summed E-state index contributed by atoms with van der Waals surface area (Å²) in [6, 6.07) is 2.46. The highest BCUT2D eigenvalue weighted by Gasteiger charge is 2.26. The molecule has 3 aromatic rings. The average molecular weight is 349 g/mol. The van der Waals surface area contributed by atoms with Crippen LogP contribution in [0.3, 0.4) is 0 Å². The van der Waals surface area contributed by atoms with Gasteiger partial charge in [-0.1, -0.05) is 0 Å². The molecule has 3 aromatic heterocycles. The molecule has 1 aliphatic rings. The topological polar surface area (TPSA) is 69.3 Å². The monoisotopic (exact) mass is 348 g/mol. The Morgan fingerprint density at radius 1 is 1.25 bits per heavy atom. The second-order valence-corrected chi connectivity index (χ2v) is 6.03. The third-order valence-electron chi connectivity index (χ3n) is 4.43. The molecule has 3 heterocycles. The second kappa shape index (κ2) is 6.78. The van der Waals surface area contributed by atoms with Gasteiger partial charge >= 0.3 is 0 Å². The van der Waals surface area contributed by atoms with Crippen molar-refractivity contribution in [2.24, 2.45) is 7.05 Å². The van der Waals surface area contributed by atoms with E-state index in [2.05, 4.69) is 15.5 Å². The third kappa shape index (κ3) is 3.09. The Labute approximate surface area is 146 Å². The number of aryl methyl sites for hydroxylation is 1. The maximum absolute atomic E-state index is 6.21. The van der Waals surface area contributed by atoms with Crippen LogP contribution >= 0.6 is 12.4 Å². The molecule has 4 rings (SSSR count). The summed E-state index contributed by atoms with van der Waals surface area (Å²) in [5.41, 5.74) is 2.66. The van der Waals surface area contributed by atoms with Crippen molar-refractivity contribution >= 4 is 17.9 Å². The highest BCUT2D eigenvalue weighted by molar-refractivity contribution is 5.85. The number of hydrogen-bond donors (Lipinski definition) is 1. The van der Waals surface area contributed by atoms with Crippen LogP contribution in [0, 0.1) is 0 Å². The Hall–Kier alpha value is -2.12. The highest BCUT2D eigenvalue weighted by Crippen LogP contribution is 2.28. The normalized spacial score (nSPS) is 20.2. The molecule has 128 valence electrons. The third-order valence-corrected chi connectivity index (χ3v) is 4.43. The lowest BCUT2D eigenvalue weighted by molar-refractivity contribution is 0.200. The minimum atomic E-state index is 0. The number of ether oxygens (including phenoxy) is 1. The summed E-state index contributed by atoms with van der Waals surface area (Å²) in [5, 5.41) is 11.9. The fourth-order valence-corrected chi connectivity index (χ4v) is 3.14. The summed E-state index contributed by atoms with van der Waals surface area (Å²) in [7, 11) is 3.90. The second-order valence-electron chi connectivity index (χ2n) is 6.03. The van der Waals surface area contributed by atoms with Gasteiger partial charge in [-0.05, 0) is 32.4 Å². The summed E-state index contributed by atoms with van der Waals surface area (Å²) < 4.78 is 9.79. The molecule has 8 heteroatoms. The van der Waals surface area contributed by atoms with E-state index in [1.807, 2.05) is 37.1 Å². The van der Waals surface area contributed by atoms with Gasteiger partial charge in [0.15, 0.2) is 0 Å². The Kier molecular flexibility index (Phi) is 4.73. The lowest BCUT2D eigenvalue weighted by Gasteiger charge is -2.15. The van der Waals surface area contributed by atoms with E-state index in [0.717, 1.165) is 36.0 Å². The van der Waals surface area contributed by atoms with Gasteiger partial charge < -0.3 is 10.1 Å². The largest absolute Gasteiger partial charge is 0.473 e. The highest BCUT2D eigenvalue weighted by atomic mass is 35.5. The van der Waals surface area contributed by atoms with Gasteiger partial charge in [0.1, 0.15) is 11.6 Å². The van der Waals surface area contributed by atoms with E-state index in [1.165, 1.54) is 0 Å². The molecule has 0 amide bonds. The van der Waals surface area contributed by atoms with Gasteiger partial charge in [-0.25, -0.2) is 9.50 Å². The first-order valence-electron chi connectivity index (χ1n) is 7.90. The molecular weight excluding hydrogens is 328 g/mol. The number of hydrogen-bond acceptors (Lipinski definition) is 5. The van der Waals surface area contributed by atoms with Crippen LogP contribution in [0.25, 0.3) is 16.8 Å². The molecule has 2 atom stereocenters. The summed E-state index contributed by atoms with van der Waals surface area (Å²) >= 11 is 0. The molecule has 0 spiro atoms. The Morgan fingerprint density at radius 3 is 2.83 bits per heavy atom. The van der Waals surface area contributed by atoms with Crippen molar-refractivity contribution in [3.63, 3.8) is 0 Å². The number of rotatable bonds is 4. The predicted molar refractivity (Wildman–Crippen MR) is 93.6 cm³/mol. The molecule has 1 N–H and O–H groups in total. The molecule has 0 radical (unpaired) electrons. The smallest absolute Gasteiger partial charge is 0.240 e. The van der Waals surface area contributed by atoms with E-state index in [4.69, 9.17) is 9.72 Å². The summed E-state index contributed by atoms with van der Waals surface area (Å²) in [4.78, 5) is 4.71. The molecular formula is C16H21ClN6O. The van der Waals surface area contributed by atoms with E-state index < -0.39 is 0 Å². The average Bonchev–Trinajstić information content (AvgIpc) is 3.26. The summed E-state index contributed by atoms with van der Waals surface area (Å²) in [6.45, 7) is 0. The number of fused-ring (bicyclic) bond motifs is 1. The Balaban J connectivity index is 0.00000169. The van der Waals surface area contributed by atoms with E-state index in [-0.39, 0.29) is 18.5 Å². The lowest BCUT2D eigenvalue weighted by atomic mass is 10.2. The van der Waals surface area contributed by atoms with Crippen LogP contribution in [0.4, 0.5) is 0 Å². The Bertz CT molecular complexity index is 829. The van der Waals surface area contributed by atoms with E-state index in [9.17, 15) is 0 Å². The molecule has 24 heavy (non-hydrogen) atoms. The van der Waals surface area contributed by atoms with Crippen LogP contribution < -0.4 is 10.1 Å². The van der Waals surface area contributed by atoms with Crippen molar-refractivity contribution in [3.05, 3.63) is 30.9 Å². The molecule has 0 aromatic carbocycles. The molecule has 1 fully saturated rings. The van der Waals surface area contributed by atoms with Gasteiger partial charge in [0, 0.05) is 24.8 Å². The van der Waals surface area contributed by atoms with Crippen LogP contribution in [0.1, 0.15) is 19.3 Å². The SMILES string of the molecule is CNC1CCC(Oc2nc(-c3cnn(C)c3)cn3nccc23)C1.Cl. The number of halogens is 1. The van der Waals surface area contributed by atoms with Crippen LogP contribution in [-0.4, -0.2) is 43.6 Å². The Morgan fingerprint density at radius 2 is 2.12 bits per heavy atom. The van der Waals surface area contributed by atoms with E-state index >= 15 is 0 Å². The minimum absolute atomic E-state index is 0. The first kappa shape index (κ1) is 16.7. The molecule has 0 aliphatic heterocycles. The van der Waals surface area contributed by atoms with Gasteiger partial charge in [-0.3, -0.25) is 4.68 Å². The van der Waals surface area contributed by atoms with Crippen LogP contribution in [0.2, 0.25) is 0 Å². The maximum Gasteiger partial charge on any atom is 0.240 e. The van der Waals surface area contributed by atoms with Crippen molar-refractivity contribution in [2.75, 3.05) is 7.05 Å². The zero-order valence-corrected chi connectivity index (χ0v) is 14.5. The van der Waals surface area contributed by atoms with Crippen molar-refractivity contribution < 1.29 is 4.74 Å². The lowest BCUT2D eigenvalue weighted by Crippen LogP contribution is -2.23. The van der Waals surface area contributed by atoms with Crippen LogP contribution in [0.15, 0.2) is 30.9 Å². The zero-order chi connectivity index (χ0) is 15.8. The number of nitrogens with zero attached hydrogens (tertiary/aromatic N) is 5. The molecule has 2 unspecified atom stereocenters. The van der Waals surface area contributed by atoms with Gasteiger partial charge in [-0.15, -0.1) is 12.4 Å². The number of nitrogens with one attached hydrogen (secondary N) is 1. The first-order chi connectivity index (χ1) is 11.2. The molecule has 0 saturated heterocycles. The molecule has 1 aliphatic carbocycles. The maximum atomic E-state index is 6.21. The van der Waals surface area contributed by atoms with Crippen LogP contribution in [0.5, 0.6) is 5.88 Å². The standard InChI is InChI=1S/C16H20N6O.ClH/c1-17-12-3-4-13(7-12)23-16-15-5-6-18-22(15)10-14(20-16)11-8-19-21(2)9-11;/h5-6,8-10,12-13,17H,3-4,7H2,1-2H3;1H. The van der Waals surface area contributed by atoms with Crippen molar-refractivity contribution in [3.8, 4) is 17.1 Å². The van der Waals surface area contributed by atoms with Gasteiger partial charge in [-0.2, -0.15) is 10.2 Å². The summed E-state index contributed by atoms with van der Waals surface area (Å²) in [6.07, 6.45) is 10.8. The molecule has 7 nitrogen and oxygen atoms in total. The molecule has 1 saturated carbocycles. The van der Waals surface area contributed by atoms with Crippen molar-refractivity contribution in [2.45, 2.75) is 31.4 Å². The van der Waals surface area contributed by atoms with Crippen LogP contribution in [-0.2, 0) is 7.05 Å². The van der Waals surface area contributed by atoms with E-state index in [0.29, 0.717) is 11.9 Å². The first-order valence-corrected chi connectivity index (χ1v) is 7.90. The van der Waals surface area contributed by atoms with E-state index in [1.54, 1.807) is 17.1 Å². The van der Waals surface area contributed by atoms with Gasteiger partial charge in [0.25, 0.3) is 0 Å². The number of aromatic nitrogens is 5. The minimum Gasteiger partial charge on any atom is -0.473 e. The van der Waals surface area contributed by atoms with Crippen molar-refractivity contribution in [1.29, 1.82) is 0 Å². The predicted octanol–water partition coefficient (Wildman–Crippen LogP) is 2.07. The summed E-state index contributed by atoms with van der Waals surface area (Å²) in [5.74, 6) is 0.644. The van der Waals surface area contributed by atoms with Gasteiger partial charge in [0.05, 0.1) is 24.3 Å². The molecule has 0 bridgehead atoms. The fourth-order valence-electron chi connectivity index (χ4n) is 3.14. The van der Waals surface area contributed by atoms with Crippen molar-refractivity contribution in [1.82, 2.24) is 29.7 Å².